The minimum Gasteiger partial charge on any atom is -0.381 e. The lowest BCUT2D eigenvalue weighted by molar-refractivity contribution is 0.0382. The normalized spacial score (nSPS) is 41.6. The molecule has 1 heterocycles. The molecule has 1 saturated carbocycles. The van der Waals surface area contributed by atoms with E-state index in [9.17, 15) is 8.42 Å². The van der Waals surface area contributed by atoms with Gasteiger partial charge in [0, 0.05) is 12.9 Å². The van der Waals surface area contributed by atoms with E-state index in [0.717, 1.165) is 35.8 Å². The average Bonchev–Trinajstić information content (AvgIpc) is 2.15. The average molecular weight is 236 g/mol. The second-order valence-corrected chi connectivity index (χ2v) is 8.45. The minimum atomic E-state index is -2.82. The maximum Gasteiger partial charge on any atom is 0.201 e. The van der Waals surface area contributed by atoms with Gasteiger partial charge in [0.25, 0.3) is 0 Å². The van der Waals surface area contributed by atoms with Gasteiger partial charge in [-0.1, -0.05) is 0 Å². The summed E-state index contributed by atoms with van der Waals surface area (Å²) in [6.45, 7) is 0. The van der Waals surface area contributed by atoms with E-state index in [-0.39, 0.29) is 6.10 Å². The van der Waals surface area contributed by atoms with Crippen molar-refractivity contribution in [1.82, 2.24) is 0 Å². The lowest BCUT2D eigenvalue weighted by Crippen LogP contribution is -2.37. The topological polar surface area (TPSA) is 43.4 Å². The summed E-state index contributed by atoms with van der Waals surface area (Å²) in [7, 11) is 0.0419. The van der Waals surface area contributed by atoms with E-state index < -0.39 is 8.87 Å². The van der Waals surface area contributed by atoms with Crippen molar-refractivity contribution in [2.45, 2.75) is 25.4 Å². The number of hydrogen-bond donors (Lipinski definition) is 0. The Labute approximate surface area is 88.9 Å². The number of fused-ring (bicyclic) bond motifs is 1. The van der Waals surface area contributed by atoms with Crippen molar-refractivity contribution in [2.24, 2.45) is 11.8 Å². The molecule has 82 valence electrons. The molecule has 1 aliphatic carbocycles. The molecule has 0 radical (unpaired) electrons. The summed E-state index contributed by atoms with van der Waals surface area (Å²) in [6.07, 6.45) is 3.44. The molecule has 0 bridgehead atoms. The van der Waals surface area contributed by atoms with Crippen molar-refractivity contribution in [2.75, 3.05) is 18.6 Å². The number of methoxy groups -OCH3 is 1. The minimum absolute atomic E-state index is 0.287. The maximum atomic E-state index is 11.4. The first kappa shape index (κ1) is 10.8. The Hall–Kier alpha value is 0.260. The quantitative estimate of drug-likeness (QED) is 0.647. The first-order chi connectivity index (χ1) is 6.61. The van der Waals surface area contributed by atoms with Crippen LogP contribution in [0.15, 0.2) is 0 Å². The van der Waals surface area contributed by atoms with Gasteiger partial charge in [0.1, 0.15) is 0 Å². The van der Waals surface area contributed by atoms with E-state index in [2.05, 4.69) is 0 Å². The van der Waals surface area contributed by atoms with Crippen LogP contribution >= 0.6 is 10.8 Å². The Bertz CT molecular complexity index is 299. The molecule has 3 nitrogen and oxygen atoms in total. The standard InChI is InChI=1S/C9H16O3S2/c1-12-9-3-2-7-5-13-14(10,11)6-8(7)4-9/h7-9H,2-6H2,1H3/t7-,8-,9-/m1/s1. The monoisotopic (exact) mass is 236 g/mol. The van der Waals surface area contributed by atoms with Crippen LogP contribution in [-0.4, -0.2) is 33.1 Å². The molecular weight excluding hydrogens is 220 g/mol. The van der Waals surface area contributed by atoms with Crippen molar-refractivity contribution in [3.63, 3.8) is 0 Å². The van der Waals surface area contributed by atoms with Crippen LogP contribution in [0.1, 0.15) is 19.3 Å². The van der Waals surface area contributed by atoms with Gasteiger partial charge >= 0.3 is 0 Å². The van der Waals surface area contributed by atoms with Crippen molar-refractivity contribution < 1.29 is 13.2 Å². The van der Waals surface area contributed by atoms with Gasteiger partial charge in [0.05, 0.1) is 11.9 Å². The molecule has 2 fully saturated rings. The van der Waals surface area contributed by atoms with Crippen molar-refractivity contribution in [3.05, 3.63) is 0 Å². The molecular formula is C9H16O3S2. The Morgan fingerprint density at radius 1 is 1.29 bits per heavy atom. The smallest absolute Gasteiger partial charge is 0.201 e. The lowest BCUT2D eigenvalue weighted by Gasteiger charge is -2.37. The largest absolute Gasteiger partial charge is 0.381 e. The maximum absolute atomic E-state index is 11.4. The zero-order valence-electron chi connectivity index (χ0n) is 8.31. The first-order valence-electron chi connectivity index (χ1n) is 5.00. The highest BCUT2D eigenvalue weighted by atomic mass is 33.1. The molecule has 0 aromatic heterocycles. The highest BCUT2D eigenvalue weighted by molar-refractivity contribution is 8.72. The third-order valence-corrected chi connectivity index (χ3v) is 6.96. The van der Waals surface area contributed by atoms with E-state index in [0.29, 0.717) is 17.6 Å². The summed E-state index contributed by atoms with van der Waals surface area (Å²) in [5.41, 5.74) is 0. The lowest BCUT2D eigenvalue weighted by atomic mass is 9.80. The summed E-state index contributed by atoms with van der Waals surface area (Å²) < 4.78 is 28.2. The molecule has 1 aliphatic heterocycles. The number of hydrogen-bond acceptors (Lipinski definition) is 4. The van der Waals surface area contributed by atoms with Crippen LogP contribution in [0.25, 0.3) is 0 Å². The fourth-order valence-electron chi connectivity index (χ4n) is 2.42. The molecule has 0 amide bonds. The molecule has 0 spiro atoms. The van der Waals surface area contributed by atoms with Crippen LogP contribution in [0.5, 0.6) is 0 Å². The van der Waals surface area contributed by atoms with E-state index in [1.807, 2.05) is 0 Å². The van der Waals surface area contributed by atoms with E-state index in [1.165, 1.54) is 0 Å². The van der Waals surface area contributed by atoms with Crippen LogP contribution in [-0.2, 0) is 13.6 Å². The Morgan fingerprint density at radius 3 is 2.79 bits per heavy atom. The van der Waals surface area contributed by atoms with Gasteiger partial charge in [-0.25, -0.2) is 8.42 Å². The predicted molar refractivity (Wildman–Crippen MR) is 57.9 cm³/mol. The van der Waals surface area contributed by atoms with Crippen molar-refractivity contribution in [1.29, 1.82) is 0 Å². The van der Waals surface area contributed by atoms with E-state index >= 15 is 0 Å². The number of rotatable bonds is 1. The van der Waals surface area contributed by atoms with Crippen molar-refractivity contribution in [3.8, 4) is 0 Å². The molecule has 1 saturated heterocycles. The predicted octanol–water partition coefficient (Wildman–Crippen LogP) is 1.49. The summed E-state index contributed by atoms with van der Waals surface area (Å²) in [5.74, 6) is 2.11. The highest BCUT2D eigenvalue weighted by Gasteiger charge is 2.38. The van der Waals surface area contributed by atoms with E-state index in [4.69, 9.17) is 4.74 Å². The van der Waals surface area contributed by atoms with Gasteiger partial charge in [-0.05, 0) is 41.9 Å². The summed E-state index contributed by atoms with van der Waals surface area (Å²) >= 11 is 0. The third-order valence-electron chi connectivity index (χ3n) is 3.30. The summed E-state index contributed by atoms with van der Waals surface area (Å²) in [5, 5.41) is 0. The summed E-state index contributed by atoms with van der Waals surface area (Å²) in [6, 6.07) is 0. The van der Waals surface area contributed by atoms with Gasteiger partial charge in [0.2, 0.25) is 8.87 Å². The van der Waals surface area contributed by atoms with Crippen LogP contribution in [0.4, 0.5) is 0 Å². The summed E-state index contributed by atoms with van der Waals surface area (Å²) in [4.78, 5) is 0. The third kappa shape index (κ3) is 2.25. The SMILES string of the molecule is CO[C@@H]1CC[C@@H]2CSS(=O)(=O)C[C@H]2C1. The molecule has 5 heteroatoms. The van der Waals surface area contributed by atoms with Crippen LogP contribution in [0.3, 0.4) is 0 Å². The zero-order chi connectivity index (χ0) is 10.2. The van der Waals surface area contributed by atoms with Gasteiger partial charge in [-0.3, -0.25) is 0 Å². The van der Waals surface area contributed by atoms with E-state index in [1.54, 1.807) is 7.11 Å². The Balaban J connectivity index is 2.04. The van der Waals surface area contributed by atoms with Crippen molar-refractivity contribution >= 4 is 19.7 Å². The van der Waals surface area contributed by atoms with Gasteiger partial charge in [-0.15, -0.1) is 0 Å². The Morgan fingerprint density at radius 2 is 2.07 bits per heavy atom. The van der Waals surface area contributed by atoms with Crippen LogP contribution < -0.4 is 0 Å². The van der Waals surface area contributed by atoms with Crippen LogP contribution in [0, 0.1) is 11.8 Å². The molecule has 3 atom stereocenters. The molecule has 0 unspecified atom stereocenters. The van der Waals surface area contributed by atoms with Gasteiger partial charge in [-0.2, -0.15) is 0 Å². The molecule has 0 aromatic carbocycles. The van der Waals surface area contributed by atoms with Gasteiger partial charge in [0.15, 0.2) is 0 Å². The Kier molecular flexibility index (Phi) is 3.09. The highest BCUT2D eigenvalue weighted by Crippen LogP contribution is 2.40. The first-order valence-corrected chi connectivity index (χ1v) is 8.16. The molecule has 2 aliphatic rings. The molecule has 2 rings (SSSR count). The molecule has 0 N–H and O–H groups in total. The fourth-order valence-corrected chi connectivity index (χ4v) is 6.23. The number of ether oxygens (including phenoxy) is 1. The fraction of sp³-hybridized carbons (Fsp3) is 1.00. The van der Waals surface area contributed by atoms with Gasteiger partial charge < -0.3 is 4.74 Å². The molecule has 14 heavy (non-hydrogen) atoms. The zero-order valence-corrected chi connectivity index (χ0v) is 9.94. The molecule has 0 aromatic rings. The van der Waals surface area contributed by atoms with Crippen LogP contribution in [0.2, 0.25) is 0 Å². The second kappa shape index (κ2) is 4.02. The second-order valence-electron chi connectivity index (χ2n) is 4.20.